The molecule has 34 heavy (non-hydrogen) atoms. The zero-order chi connectivity index (χ0) is 23.5. The van der Waals surface area contributed by atoms with E-state index in [1.807, 2.05) is 18.0 Å². The first-order valence-electron chi connectivity index (χ1n) is 12.7. The molecular weight excluding hydrogens is 426 g/mol. The Morgan fingerprint density at radius 2 is 1.82 bits per heavy atom. The van der Waals surface area contributed by atoms with Crippen molar-refractivity contribution in [3.05, 3.63) is 47.5 Å². The van der Waals surface area contributed by atoms with Crippen LogP contribution in [0.3, 0.4) is 0 Å². The van der Waals surface area contributed by atoms with E-state index in [0.29, 0.717) is 18.3 Å². The summed E-state index contributed by atoms with van der Waals surface area (Å²) in [6.45, 7) is 5.23. The molecule has 1 saturated heterocycles. The molecule has 0 bridgehead atoms. The summed E-state index contributed by atoms with van der Waals surface area (Å²) in [6, 6.07) is 8.42. The van der Waals surface area contributed by atoms with Gasteiger partial charge in [0.15, 0.2) is 0 Å². The highest BCUT2D eigenvalue weighted by atomic mass is 16.5. The molecule has 7 nitrogen and oxygen atoms in total. The summed E-state index contributed by atoms with van der Waals surface area (Å²) in [4.78, 5) is 25.8. The van der Waals surface area contributed by atoms with Crippen molar-refractivity contribution in [1.29, 1.82) is 0 Å². The summed E-state index contributed by atoms with van der Waals surface area (Å²) in [6.07, 6.45) is 9.44. The van der Waals surface area contributed by atoms with Crippen molar-refractivity contribution in [2.24, 2.45) is 5.92 Å². The Hall–Kier alpha value is -3.09. The molecule has 1 amide bonds. The van der Waals surface area contributed by atoms with Gasteiger partial charge in [-0.1, -0.05) is 19.8 Å². The van der Waals surface area contributed by atoms with Crippen molar-refractivity contribution in [3.8, 4) is 0 Å². The maximum atomic E-state index is 11.9. The number of benzene rings is 1. The lowest BCUT2D eigenvalue weighted by molar-refractivity contribution is -0.131. The lowest BCUT2D eigenvalue weighted by Gasteiger charge is -2.36. The summed E-state index contributed by atoms with van der Waals surface area (Å²) < 4.78 is 5.80. The number of hydrogen-bond donors (Lipinski definition) is 1. The molecule has 1 N–H and O–H groups in total. The van der Waals surface area contributed by atoms with Gasteiger partial charge in [0.25, 0.3) is 0 Å². The zero-order valence-electron chi connectivity index (χ0n) is 20.3. The van der Waals surface area contributed by atoms with Crippen LogP contribution in [0.5, 0.6) is 0 Å². The summed E-state index contributed by atoms with van der Waals surface area (Å²) in [7, 11) is 1.79. The highest BCUT2D eigenvalue weighted by Gasteiger charge is 2.30. The molecule has 0 radical (unpaired) electrons. The number of anilines is 3. The number of carbonyl (C=O) groups is 1. The molecular formula is C27H35N5O2. The van der Waals surface area contributed by atoms with Crippen LogP contribution in [-0.4, -0.2) is 54.1 Å². The summed E-state index contributed by atoms with van der Waals surface area (Å²) in [5.41, 5.74) is 5.75. The number of amides is 1. The monoisotopic (exact) mass is 461 g/mol. The van der Waals surface area contributed by atoms with Gasteiger partial charge in [-0.25, -0.2) is 9.97 Å². The molecule has 0 atom stereocenters. The van der Waals surface area contributed by atoms with Crippen LogP contribution in [0.4, 0.5) is 17.3 Å². The van der Waals surface area contributed by atoms with Crippen LogP contribution in [0.2, 0.25) is 0 Å². The van der Waals surface area contributed by atoms with Gasteiger partial charge in [0.05, 0.1) is 12.8 Å². The van der Waals surface area contributed by atoms with Crippen LogP contribution in [0.1, 0.15) is 56.7 Å². The van der Waals surface area contributed by atoms with Crippen molar-refractivity contribution >= 4 is 28.8 Å². The fourth-order valence-electron chi connectivity index (χ4n) is 5.57. The molecule has 0 unspecified atom stereocenters. The van der Waals surface area contributed by atoms with E-state index in [1.165, 1.54) is 42.5 Å². The third-order valence-corrected chi connectivity index (χ3v) is 7.47. The number of aryl methyl sites for hydroxylation is 1. The predicted molar refractivity (Wildman–Crippen MR) is 135 cm³/mol. The smallest absolute Gasteiger partial charge is 0.227 e. The van der Waals surface area contributed by atoms with E-state index in [1.54, 1.807) is 7.11 Å². The van der Waals surface area contributed by atoms with E-state index >= 15 is 0 Å². The molecule has 1 aromatic carbocycles. The highest BCUT2D eigenvalue weighted by molar-refractivity contribution is 5.76. The van der Waals surface area contributed by atoms with E-state index < -0.39 is 0 Å². The lowest BCUT2D eigenvalue weighted by Crippen LogP contribution is -2.48. The maximum absolute atomic E-state index is 11.9. The van der Waals surface area contributed by atoms with Crippen LogP contribution in [0, 0.1) is 5.92 Å². The second-order valence-corrected chi connectivity index (χ2v) is 9.48. The summed E-state index contributed by atoms with van der Waals surface area (Å²) >= 11 is 0. The van der Waals surface area contributed by atoms with Gasteiger partial charge in [-0.15, -0.1) is 0 Å². The van der Waals surface area contributed by atoms with Gasteiger partial charge >= 0.3 is 0 Å². The van der Waals surface area contributed by atoms with Gasteiger partial charge in [-0.3, -0.25) is 4.79 Å². The minimum Gasteiger partial charge on any atom is -0.501 e. The fraction of sp³-hybridized carbons (Fsp3) is 0.519. The van der Waals surface area contributed by atoms with Crippen molar-refractivity contribution < 1.29 is 9.53 Å². The van der Waals surface area contributed by atoms with Gasteiger partial charge in [-0.05, 0) is 55.0 Å². The largest absolute Gasteiger partial charge is 0.501 e. The fourth-order valence-corrected chi connectivity index (χ4v) is 5.57. The second-order valence-electron chi connectivity index (χ2n) is 9.48. The van der Waals surface area contributed by atoms with Crippen molar-refractivity contribution in [1.82, 2.24) is 14.9 Å². The highest BCUT2D eigenvalue weighted by Crippen LogP contribution is 2.42. The summed E-state index contributed by atoms with van der Waals surface area (Å²) in [5.74, 6) is 2.53. The second kappa shape index (κ2) is 10.0. The quantitative estimate of drug-likeness (QED) is 0.668. The third kappa shape index (κ3) is 4.61. The van der Waals surface area contributed by atoms with Gasteiger partial charge in [-0.2, -0.15) is 0 Å². The molecule has 7 heteroatoms. The SMILES string of the molecule is CCC(=O)N1CCN(c2ccc(Nc3ncc4c(n3)C(C3CCCC3)=C(OC)CC4)cc2)CC1. The first kappa shape index (κ1) is 22.7. The molecule has 2 aromatic rings. The van der Waals surface area contributed by atoms with Crippen LogP contribution in [0.25, 0.3) is 5.57 Å². The number of allylic oxidation sites excluding steroid dienone is 2. The average molecular weight is 462 g/mol. The normalized spacial score (nSPS) is 18.8. The molecule has 2 fully saturated rings. The minimum absolute atomic E-state index is 0.243. The maximum Gasteiger partial charge on any atom is 0.227 e. The van der Waals surface area contributed by atoms with Crippen LogP contribution < -0.4 is 10.2 Å². The molecule has 0 spiro atoms. The van der Waals surface area contributed by atoms with E-state index in [9.17, 15) is 4.79 Å². The minimum atomic E-state index is 0.243. The zero-order valence-corrected chi connectivity index (χ0v) is 20.3. The summed E-state index contributed by atoms with van der Waals surface area (Å²) in [5, 5.41) is 3.40. The molecule has 2 aliphatic carbocycles. The van der Waals surface area contributed by atoms with Gasteiger partial charge in [0.1, 0.15) is 5.76 Å². The lowest BCUT2D eigenvalue weighted by atomic mass is 9.85. The predicted octanol–water partition coefficient (Wildman–Crippen LogP) is 4.77. The first-order chi connectivity index (χ1) is 16.7. The Labute approximate surface area is 202 Å². The Morgan fingerprint density at radius 1 is 1.09 bits per heavy atom. The van der Waals surface area contributed by atoms with Crippen molar-refractivity contribution in [3.63, 3.8) is 0 Å². The number of rotatable bonds is 6. The first-order valence-corrected chi connectivity index (χ1v) is 12.7. The third-order valence-electron chi connectivity index (χ3n) is 7.47. The van der Waals surface area contributed by atoms with Crippen molar-refractivity contribution in [2.75, 3.05) is 43.5 Å². The number of methoxy groups -OCH3 is 1. The Morgan fingerprint density at radius 3 is 2.50 bits per heavy atom. The molecule has 1 aromatic heterocycles. The van der Waals surface area contributed by atoms with Crippen LogP contribution >= 0.6 is 0 Å². The Bertz CT molecular complexity index is 1050. The number of nitrogens with one attached hydrogen (secondary N) is 1. The number of aromatic nitrogens is 2. The van der Waals surface area contributed by atoms with Crippen LogP contribution in [0.15, 0.2) is 36.2 Å². The Balaban J connectivity index is 1.29. The van der Waals surface area contributed by atoms with Gasteiger partial charge in [0.2, 0.25) is 11.9 Å². The van der Waals surface area contributed by atoms with E-state index in [2.05, 4.69) is 39.5 Å². The van der Waals surface area contributed by atoms with E-state index in [0.717, 1.165) is 56.2 Å². The average Bonchev–Trinajstić information content (AvgIpc) is 3.42. The van der Waals surface area contributed by atoms with Crippen molar-refractivity contribution in [2.45, 2.75) is 51.9 Å². The number of piperazine rings is 1. The number of carbonyl (C=O) groups excluding carboxylic acids is 1. The van der Waals surface area contributed by atoms with E-state index in [4.69, 9.17) is 9.72 Å². The Kier molecular flexibility index (Phi) is 6.70. The molecule has 5 rings (SSSR count). The molecule has 3 aliphatic rings. The van der Waals surface area contributed by atoms with E-state index in [-0.39, 0.29) is 5.91 Å². The number of fused-ring (bicyclic) bond motifs is 1. The molecule has 180 valence electrons. The van der Waals surface area contributed by atoms with Gasteiger partial charge < -0.3 is 19.9 Å². The van der Waals surface area contributed by atoms with Crippen LogP contribution in [-0.2, 0) is 16.0 Å². The van der Waals surface area contributed by atoms with Gasteiger partial charge in [0, 0.05) is 62.2 Å². The number of hydrogen-bond acceptors (Lipinski definition) is 6. The molecule has 1 saturated carbocycles. The number of ether oxygens (including phenoxy) is 1. The standard InChI is InChI=1S/C27H35N5O2/c1-3-24(33)32-16-14-31(15-17-32)22-11-9-21(10-12-22)29-27-28-18-20-8-13-23(34-2)25(26(20)30-27)19-6-4-5-7-19/h9-12,18-19H,3-8,13-17H2,1-2H3,(H,28,29,30). The molecule has 1 aliphatic heterocycles. The molecule has 2 heterocycles. The topological polar surface area (TPSA) is 70.6 Å². The number of nitrogens with zero attached hydrogens (tertiary/aromatic N) is 4.